The molecule has 1 aromatic heterocycles. The summed E-state index contributed by atoms with van der Waals surface area (Å²) in [5, 5.41) is 9.35. The summed E-state index contributed by atoms with van der Waals surface area (Å²) in [6.07, 6.45) is 3.83. The number of nitrogens with one attached hydrogen (secondary N) is 1. The summed E-state index contributed by atoms with van der Waals surface area (Å²) < 4.78 is 1.90. The first-order valence-electron chi connectivity index (χ1n) is 8.58. The summed E-state index contributed by atoms with van der Waals surface area (Å²) in [6, 6.07) is 17.8. The van der Waals surface area contributed by atoms with Gasteiger partial charge in [-0.15, -0.1) is 6.58 Å². The van der Waals surface area contributed by atoms with Crippen LogP contribution in [-0.2, 0) is 6.54 Å². The van der Waals surface area contributed by atoms with Gasteiger partial charge in [0, 0.05) is 42.5 Å². The second-order valence-electron chi connectivity index (χ2n) is 6.12. The minimum atomic E-state index is 0.633. The van der Waals surface area contributed by atoms with Gasteiger partial charge in [0.05, 0.1) is 11.4 Å². The Kier molecular flexibility index (Phi) is 6.27. The number of para-hydroxylation sites is 1. The van der Waals surface area contributed by atoms with Crippen molar-refractivity contribution in [3.05, 3.63) is 84.0 Å². The largest absolute Gasteiger partial charge is 0.359 e. The maximum Gasteiger partial charge on any atom is 0.169 e. The Morgan fingerprint density at radius 2 is 1.93 bits per heavy atom. The fraction of sp³-hybridized carbons (Fsp3) is 0.143. The molecule has 1 N–H and O–H groups in total. The van der Waals surface area contributed by atoms with Gasteiger partial charge in [-0.2, -0.15) is 5.10 Å². The first-order valence-corrected chi connectivity index (χ1v) is 9.37. The Bertz CT molecular complexity index is 919. The fourth-order valence-electron chi connectivity index (χ4n) is 2.71. The molecule has 0 radical (unpaired) electrons. The van der Waals surface area contributed by atoms with Crippen molar-refractivity contribution < 1.29 is 0 Å². The van der Waals surface area contributed by atoms with Crippen LogP contribution in [-0.4, -0.2) is 33.4 Å². The molecule has 138 valence electrons. The van der Waals surface area contributed by atoms with E-state index in [0.29, 0.717) is 23.2 Å². The van der Waals surface area contributed by atoms with Crippen molar-refractivity contribution in [2.24, 2.45) is 0 Å². The van der Waals surface area contributed by atoms with Crippen LogP contribution in [0.25, 0.3) is 16.9 Å². The second kappa shape index (κ2) is 8.84. The average molecular weight is 397 g/mol. The minimum Gasteiger partial charge on any atom is -0.359 e. The molecule has 0 fully saturated rings. The van der Waals surface area contributed by atoms with Gasteiger partial charge >= 0.3 is 0 Å². The Morgan fingerprint density at radius 1 is 1.22 bits per heavy atom. The molecule has 0 saturated heterocycles. The van der Waals surface area contributed by atoms with Crippen LogP contribution < -0.4 is 5.32 Å². The zero-order valence-corrected chi connectivity index (χ0v) is 16.7. The Labute approximate surface area is 170 Å². The third kappa shape index (κ3) is 4.76. The number of halogens is 1. The van der Waals surface area contributed by atoms with Crippen LogP contribution in [0.4, 0.5) is 0 Å². The van der Waals surface area contributed by atoms with Gasteiger partial charge in [0.1, 0.15) is 0 Å². The number of rotatable bonds is 6. The van der Waals surface area contributed by atoms with E-state index >= 15 is 0 Å². The molecule has 4 nitrogen and oxygen atoms in total. The molecule has 3 rings (SSSR count). The van der Waals surface area contributed by atoms with E-state index in [0.717, 1.165) is 22.5 Å². The van der Waals surface area contributed by atoms with E-state index in [1.54, 1.807) is 6.08 Å². The quantitative estimate of drug-likeness (QED) is 0.484. The molecular formula is C21H21ClN4S. The predicted octanol–water partition coefficient (Wildman–Crippen LogP) is 4.69. The molecule has 2 aromatic carbocycles. The lowest BCUT2D eigenvalue weighted by Crippen LogP contribution is -2.36. The lowest BCUT2D eigenvalue weighted by atomic mass is 10.1. The lowest BCUT2D eigenvalue weighted by molar-refractivity contribution is 0.493. The molecule has 0 aliphatic rings. The molecule has 0 unspecified atom stereocenters. The van der Waals surface area contributed by atoms with Crippen LogP contribution in [0.3, 0.4) is 0 Å². The highest BCUT2D eigenvalue weighted by Gasteiger charge is 2.15. The molecule has 1 heterocycles. The SMILES string of the molecule is C=CCNC(=S)N(C)Cc1cn(-c2ccccc2)nc1-c1ccc(Cl)cc1. The van der Waals surface area contributed by atoms with E-state index < -0.39 is 0 Å². The molecule has 0 atom stereocenters. The summed E-state index contributed by atoms with van der Waals surface area (Å²) in [7, 11) is 1.96. The number of aromatic nitrogens is 2. The highest BCUT2D eigenvalue weighted by atomic mass is 35.5. The van der Waals surface area contributed by atoms with Crippen molar-refractivity contribution in [1.82, 2.24) is 20.0 Å². The fourth-order valence-corrected chi connectivity index (χ4v) is 2.98. The number of benzene rings is 2. The number of hydrogen-bond acceptors (Lipinski definition) is 2. The van der Waals surface area contributed by atoms with Crippen LogP contribution >= 0.6 is 23.8 Å². The van der Waals surface area contributed by atoms with Crippen LogP contribution in [0.5, 0.6) is 0 Å². The molecule has 0 saturated carbocycles. The molecule has 0 amide bonds. The smallest absolute Gasteiger partial charge is 0.169 e. The third-order valence-corrected chi connectivity index (χ3v) is 4.79. The Hall–Kier alpha value is -2.63. The summed E-state index contributed by atoms with van der Waals surface area (Å²) >= 11 is 11.5. The van der Waals surface area contributed by atoms with Crippen LogP contribution in [0.2, 0.25) is 5.02 Å². The van der Waals surface area contributed by atoms with E-state index in [2.05, 4.69) is 11.9 Å². The summed E-state index contributed by atoms with van der Waals surface area (Å²) in [6.45, 7) is 4.98. The van der Waals surface area contributed by atoms with Crippen molar-refractivity contribution in [3.8, 4) is 16.9 Å². The van der Waals surface area contributed by atoms with Gasteiger partial charge in [0.15, 0.2) is 5.11 Å². The van der Waals surface area contributed by atoms with E-state index in [-0.39, 0.29) is 0 Å². The maximum absolute atomic E-state index is 6.05. The highest BCUT2D eigenvalue weighted by Crippen LogP contribution is 2.26. The van der Waals surface area contributed by atoms with Gasteiger partial charge in [-0.1, -0.05) is 48.0 Å². The summed E-state index contributed by atoms with van der Waals surface area (Å²) in [5.74, 6) is 0. The Morgan fingerprint density at radius 3 is 2.59 bits per heavy atom. The van der Waals surface area contributed by atoms with Crippen LogP contribution in [0.15, 0.2) is 73.4 Å². The molecule has 3 aromatic rings. The predicted molar refractivity (Wildman–Crippen MR) is 116 cm³/mol. The van der Waals surface area contributed by atoms with Crippen LogP contribution in [0.1, 0.15) is 5.56 Å². The monoisotopic (exact) mass is 396 g/mol. The zero-order chi connectivity index (χ0) is 19.2. The zero-order valence-electron chi connectivity index (χ0n) is 15.1. The van der Waals surface area contributed by atoms with Crippen molar-refractivity contribution in [1.29, 1.82) is 0 Å². The summed E-state index contributed by atoms with van der Waals surface area (Å²) in [5.41, 5.74) is 4.01. The van der Waals surface area contributed by atoms with Crippen molar-refractivity contribution in [2.45, 2.75) is 6.54 Å². The normalized spacial score (nSPS) is 10.4. The highest BCUT2D eigenvalue weighted by molar-refractivity contribution is 7.80. The van der Waals surface area contributed by atoms with Gasteiger partial charge in [0.25, 0.3) is 0 Å². The van der Waals surface area contributed by atoms with Gasteiger partial charge in [-0.05, 0) is 36.5 Å². The van der Waals surface area contributed by atoms with Crippen molar-refractivity contribution in [2.75, 3.05) is 13.6 Å². The Balaban J connectivity index is 1.95. The maximum atomic E-state index is 6.05. The van der Waals surface area contributed by atoms with Gasteiger partial charge in [-0.3, -0.25) is 0 Å². The van der Waals surface area contributed by atoms with Crippen molar-refractivity contribution >= 4 is 28.9 Å². The number of hydrogen-bond donors (Lipinski definition) is 1. The number of thiocarbonyl (C=S) groups is 1. The molecular weight excluding hydrogens is 376 g/mol. The van der Waals surface area contributed by atoms with E-state index in [1.807, 2.05) is 77.4 Å². The minimum absolute atomic E-state index is 0.633. The standard InChI is InChI=1S/C21H21ClN4S/c1-3-13-23-21(27)25(2)14-17-15-26(19-7-5-4-6-8-19)24-20(17)16-9-11-18(22)12-10-16/h3-12,15H,1,13-14H2,2H3,(H,23,27). The molecule has 0 bridgehead atoms. The van der Waals surface area contributed by atoms with Gasteiger partial charge in [-0.25, -0.2) is 4.68 Å². The van der Waals surface area contributed by atoms with Gasteiger partial charge in [0.2, 0.25) is 0 Å². The molecule has 0 aliphatic heterocycles. The molecule has 27 heavy (non-hydrogen) atoms. The van der Waals surface area contributed by atoms with Crippen LogP contribution in [0, 0.1) is 0 Å². The number of nitrogens with zero attached hydrogens (tertiary/aromatic N) is 3. The molecule has 6 heteroatoms. The lowest BCUT2D eigenvalue weighted by Gasteiger charge is -2.20. The average Bonchev–Trinajstić information content (AvgIpc) is 3.11. The molecule has 0 aliphatic carbocycles. The third-order valence-electron chi connectivity index (χ3n) is 4.08. The van der Waals surface area contributed by atoms with E-state index in [1.165, 1.54) is 0 Å². The topological polar surface area (TPSA) is 33.1 Å². The first kappa shape index (κ1) is 19.1. The molecule has 0 spiro atoms. The second-order valence-corrected chi connectivity index (χ2v) is 6.94. The summed E-state index contributed by atoms with van der Waals surface area (Å²) in [4.78, 5) is 1.99. The van der Waals surface area contributed by atoms with E-state index in [4.69, 9.17) is 28.9 Å². The van der Waals surface area contributed by atoms with E-state index in [9.17, 15) is 0 Å². The first-order chi connectivity index (χ1) is 13.1. The van der Waals surface area contributed by atoms with Crippen molar-refractivity contribution in [3.63, 3.8) is 0 Å². The van der Waals surface area contributed by atoms with Gasteiger partial charge < -0.3 is 10.2 Å².